The van der Waals surface area contributed by atoms with Gasteiger partial charge in [0.2, 0.25) is 0 Å². The molecule has 0 aliphatic rings. The lowest BCUT2D eigenvalue weighted by Crippen LogP contribution is -1.72. The molecule has 2 aromatic rings. The number of benzene rings is 2. The van der Waals surface area contributed by atoms with Crippen molar-refractivity contribution < 1.29 is 0 Å². The first-order chi connectivity index (χ1) is 8.74. The summed E-state index contributed by atoms with van der Waals surface area (Å²) in [5.74, 6) is 6.01. The third-order valence-corrected chi connectivity index (χ3v) is 2.79. The zero-order valence-corrected chi connectivity index (χ0v) is 11.0. The van der Waals surface area contributed by atoms with Crippen LogP contribution in [0.4, 0.5) is 0 Å². The third kappa shape index (κ3) is 3.96. The van der Waals surface area contributed by atoms with Crippen LogP contribution in [0.25, 0.3) is 6.08 Å². The Labute approximate surface area is 117 Å². The van der Waals surface area contributed by atoms with Gasteiger partial charge in [-0.2, -0.15) is 0 Å². The maximum Gasteiger partial charge on any atom is 0.0406 e. The minimum atomic E-state index is 0.720. The molecule has 0 aromatic heterocycles. The van der Waals surface area contributed by atoms with Crippen LogP contribution in [0.2, 0.25) is 10.0 Å². The first-order valence-electron chi connectivity index (χ1n) is 5.43. The summed E-state index contributed by atoms with van der Waals surface area (Å²) in [5, 5.41) is 1.46. The number of hydrogen-bond acceptors (Lipinski definition) is 0. The molecule has 0 bridgehead atoms. The van der Waals surface area contributed by atoms with E-state index in [-0.39, 0.29) is 0 Å². The van der Waals surface area contributed by atoms with Crippen molar-refractivity contribution >= 4 is 29.3 Å². The summed E-state index contributed by atoms with van der Waals surface area (Å²) in [4.78, 5) is 0. The molecular weight excluding hydrogens is 263 g/mol. The van der Waals surface area contributed by atoms with E-state index in [4.69, 9.17) is 23.2 Å². The summed E-state index contributed by atoms with van der Waals surface area (Å²) < 4.78 is 0. The topological polar surface area (TPSA) is 0 Å². The fourth-order valence-corrected chi connectivity index (χ4v) is 1.62. The van der Waals surface area contributed by atoms with Crippen molar-refractivity contribution in [3.8, 4) is 11.8 Å². The molecule has 0 heterocycles. The maximum absolute atomic E-state index is 5.80. The highest BCUT2D eigenvalue weighted by Crippen LogP contribution is 2.10. The fraction of sp³-hybridized carbons (Fsp3) is 0. The van der Waals surface area contributed by atoms with E-state index in [0.29, 0.717) is 0 Å². The SMILES string of the molecule is Clc1ccc(C#CC=Cc2ccc(Cl)cc2)cc1. The molecule has 0 saturated heterocycles. The minimum absolute atomic E-state index is 0.720. The molecule has 0 atom stereocenters. The summed E-state index contributed by atoms with van der Waals surface area (Å²) in [7, 11) is 0. The molecule has 2 rings (SSSR count). The van der Waals surface area contributed by atoms with Gasteiger partial charge in [0.25, 0.3) is 0 Å². The van der Waals surface area contributed by atoms with Crippen LogP contribution in [0.1, 0.15) is 11.1 Å². The molecule has 0 aliphatic carbocycles. The standard InChI is InChI=1S/C16H10Cl2/c17-15-9-5-13(6-10-15)3-1-2-4-14-7-11-16(18)12-8-14/h1,3,5-12H. The molecule has 88 valence electrons. The van der Waals surface area contributed by atoms with Gasteiger partial charge in [0.1, 0.15) is 0 Å². The van der Waals surface area contributed by atoms with E-state index >= 15 is 0 Å². The van der Waals surface area contributed by atoms with Crippen molar-refractivity contribution in [3.05, 3.63) is 75.8 Å². The van der Waals surface area contributed by atoms with E-state index in [1.807, 2.05) is 60.7 Å². The molecule has 0 aliphatic heterocycles. The predicted molar refractivity (Wildman–Crippen MR) is 78.8 cm³/mol. The second-order valence-corrected chi connectivity index (χ2v) is 4.53. The van der Waals surface area contributed by atoms with Crippen LogP contribution in [0.5, 0.6) is 0 Å². The Kier molecular flexibility index (Phi) is 4.47. The van der Waals surface area contributed by atoms with Gasteiger partial charge < -0.3 is 0 Å². The molecule has 0 N–H and O–H groups in total. The lowest BCUT2D eigenvalue weighted by molar-refractivity contribution is 1.64. The van der Waals surface area contributed by atoms with Gasteiger partial charge >= 0.3 is 0 Å². The summed E-state index contributed by atoms with van der Waals surface area (Å²) >= 11 is 11.6. The third-order valence-electron chi connectivity index (χ3n) is 2.29. The molecule has 0 amide bonds. The second kappa shape index (κ2) is 6.31. The normalized spacial score (nSPS) is 10.1. The smallest absolute Gasteiger partial charge is 0.0406 e. The first kappa shape index (κ1) is 12.8. The maximum atomic E-state index is 5.80. The van der Waals surface area contributed by atoms with Gasteiger partial charge in [0.05, 0.1) is 0 Å². The molecule has 0 unspecified atom stereocenters. The highest BCUT2D eigenvalue weighted by atomic mass is 35.5. The van der Waals surface area contributed by atoms with Gasteiger partial charge in [0, 0.05) is 15.6 Å². The summed E-state index contributed by atoms with van der Waals surface area (Å²) in [6.07, 6.45) is 3.76. The van der Waals surface area contributed by atoms with E-state index in [0.717, 1.165) is 21.2 Å². The second-order valence-electron chi connectivity index (χ2n) is 3.66. The van der Waals surface area contributed by atoms with Crippen molar-refractivity contribution in [2.24, 2.45) is 0 Å². The van der Waals surface area contributed by atoms with Gasteiger partial charge in [-0.15, -0.1) is 0 Å². The van der Waals surface area contributed by atoms with Crippen LogP contribution in [0.15, 0.2) is 54.6 Å². The summed E-state index contributed by atoms with van der Waals surface area (Å²) in [5.41, 5.74) is 2.02. The van der Waals surface area contributed by atoms with Gasteiger partial charge in [-0.3, -0.25) is 0 Å². The van der Waals surface area contributed by atoms with E-state index in [1.165, 1.54) is 0 Å². The molecule has 0 saturated carbocycles. The number of halogens is 2. The highest BCUT2D eigenvalue weighted by molar-refractivity contribution is 6.30. The van der Waals surface area contributed by atoms with Crippen LogP contribution >= 0.6 is 23.2 Å². The van der Waals surface area contributed by atoms with Crippen LogP contribution in [0.3, 0.4) is 0 Å². The molecule has 2 heteroatoms. The molecule has 0 radical (unpaired) electrons. The zero-order valence-electron chi connectivity index (χ0n) is 9.53. The summed E-state index contributed by atoms with van der Waals surface area (Å²) in [6, 6.07) is 15.0. The average molecular weight is 273 g/mol. The van der Waals surface area contributed by atoms with Gasteiger partial charge in [-0.25, -0.2) is 0 Å². The first-order valence-corrected chi connectivity index (χ1v) is 6.19. The highest BCUT2D eigenvalue weighted by Gasteiger charge is 1.87. The Morgan fingerprint density at radius 2 is 1.33 bits per heavy atom. The van der Waals surface area contributed by atoms with E-state index < -0.39 is 0 Å². The molecule has 2 aromatic carbocycles. The Morgan fingerprint density at radius 1 is 0.778 bits per heavy atom. The lowest BCUT2D eigenvalue weighted by Gasteiger charge is -1.91. The molecular formula is C16H10Cl2. The van der Waals surface area contributed by atoms with E-state index in [2.05, 4.69) is 11.8 Å². The Morgan fingerprint density at radius 3 is 1.94 bits per heavy atom. The van der Waals surface area contributed by atoms with Gasteiger partial charge in [-0.05, 0) is 54.1 Å². The van der Waals surface area contributed by atoms with Crippen LogP contribution in [-0.2, 0) is 0 Å². The van der Waals surface area contributed by atoms with Crippen molar-refractivity contribution in [2.45, 2.75) is 0 Å². The van der Waals surface area contributed by atoms with Crippen molar-refractivity contribution in [3.63, 3.8) is 0 Å². The quantitative estimate of drug-likeness (QED) is 0.637. The van der Waals surface area contributed by atoms with E-state index in [9.17, 15) is 0 Å². The molecule has 0 nitrogen and oxygen atoms in total. The number of allylic oxidation sites excluding steroid dienone is 1. The van der Waals surface area contributed by atoms with Gasteiger partial charge in [-0.1, -0.05) is 47.2 Å². The fourth-order valence-electron chi connectivity index (χ4n) is 1.37. The van der Waals surface area contributed by atoms with E-state index in [1.54, 1.807) is 0 Å². The number of hydrogen-bond donors (Lipinski definition) is 0. The Hall–Kier alpha value is -1.68. The van der Waals surface area contributed by atoms with Crippen LogP contribution in [-0.4, -0.2) is 0 Å². The van der Waals surface area contributed by atoms with Crippen LogP contribution < -0.4 is 0 Å². The Balaban J connectivity index is 2.03. The minimum Gasteiger partial charge on any atom is -0.0843 e. The average Bonchev–Trinajstić information content (AvgIpc) is 2.39. The zero-order chi connectivity index (χ0) is 12.8. The largest absolute Gasteiger partial charge is 0.0843 e. The molecule has 18 heavy (non-hydrogen) atoms. The van der Waals surface area contributed by atoms with Crippen molar-refractivity contribution in [1.82, 2.24) is 0 Å². The Bertz CT molecular complexity index is 596. The van der Waals surface area contributed by atoms with Gasteiger partial charge in [0.15, 0.2) is 0 Å². The van der Waals surface area contributed by atoms with Crippen LogP contribution in [0, 0.1) is 11.8 Å². The van der Waals surface area contributed by atoms with Crippen molar-refractivity contribution in [2.75, 3.05) is 0 Å². The lowest BCUT2D eigenvalue weighted by atomic mass is 10.2. The summed E-state index contributed by atoms with van der Waals surface area (Å²) in [6.45, 7) is 0. The molecule has 0 spiro atoms. The monoisotopic (exact) mass is 272 g/mol. The van der Waals surface area contributed by atoms with Crippen molar-refractivity contribution in [1.29, 1.82) is 0 Å². The predicted octanol–water partition coefficient (Wildman–Crippen LogP) is 5.06. The number of rotatable bonds is 1. The molecule has 0 fully saturated rings.